The molecule has 0 bridgehead atoms. The molecule has 7 nitrogen and oxygen atoms in total. The largest absolute Gasteiger partial charge is 0.457 e. The predicted molar refractivity (Wildman–Crippen MR) is 124 cm³/mol. The van der Waals surface area contributed by atoms with Gasteiger partial charge >= 0.3 is 6.18 Å². The van der Waals surface area contributed by atoms with Gasteiger partial charge < -0.3 is 15.4 Å². The number of aromatic nitrogens is 2. The second-order valence-corrected chi connectivity index (χ2v) is 8.94. The van der Waals surface area contributed by atoms with E-state index >= 15 is 0 Å². The van der Waals surface area contributed by atoms with Crippen molar-refractivity contribution in [2.24, 2.45) is 0 Å². The van der Waals surface area contributed by atoms with Crippen molar-refractivity contribution in [2.75, 3.05) is 12.3 Å². The summed E-state index contributed by atoms with van der Waals surface area (Å²) in [5.74, 6) is 0.786. The van der Waals surface area contributed by atoms with Gasteiger partial charge in [-0.1, -0.05) is 12.1 Å². The zero-order chi connectivity index (χ0) is 24.8. The van der Waals surface area contributed by atoms with Crippen molar-refractivity contribution in [3.8, 4) is 11.5 Å². The summed E-state index contributed by atoms with van der Waals surface area (Å²) >= 11 is 1.47. The molecule has 0 radical (unpaired) electrons. The SMILES string of the molecule is O=C(NC[C@@H]1CCS[C@H](c2cccc(Oc3ccc(C(F)(F)F)cc3)c2)C(=O)N1)c1ncccn1. The summed E-state index contributed by atoms with van der Waals surface area (Å²) in [4.78, 5) is 32.9. The molecule has 0 spiro atoms. The Balaban J connectivity index is 1.37. The molecule has 0 unspecified atom stereocenters. The molecule has 1 aliphatic rings. The highest BCUT2D eigenvalue weighted by molar-refractivity contribution is 8.00. The third kappa shape index (κ3) is 6.50. The number of nitrogens with zero attached hydrogens (tertiary/aromatic N) is 2. The highest BCUT2D eigenvalue weighted by Gasteiger charge is 2.30. The summed E-state index contributed by atoms with van der Waals surface area (Å²) in [6.07, 6.45) is -0.805. The molecule has 4 rings (SSSR count). The van der Waals surface area contributed by atoms with Crippen molar-refractivity contribution in [1.29, 1.82) is 0 Å². The first kappa shape index (κ1) is 24.5. The van der Waals surface area contributed by atoms with Gasteiger partial charge in [-0.2, -0.15) is 13.2 Å². The number of rotatable bonds is 6. The van der Waals surface area contributed by atoms with E-state index in [1.165, 1.54) is 36.3 Å². The van der Waals surface area contributed by atoms with Crippen molar-refractivity contribution in [1.82, 2.24) is 20.6 Å². The van der Waals surface area contributed by atoms with E-state index in [9.17, 15) is 22.8 Å². The van der Waals surface area contributed by atoms with Crippen LogP contribution in [-0.2, 0) is 11.0 Å². The maximum Gasteiger partial charge on any atom is 0.416 e. The van der Waals surface area contributed by atoms with Crippen LogP contribution in [0.25, 0.3) is 0 Å². The van der Waals surface area contributed by atoms with Gasteiger partial charge in [0, 0.05) is 25.0 Å². The summed E-state index contributed by atoms with van der Waals surface area (Å²) in [6.45, 7) is 0.243. The Kier molecular flexibility index (Phi) is 7.54. The molecule has 1 saturated heterocycles. The average Bonchev–Trinajstić information content (AvgIpc) is 3.04. The van der Waals surface area contributed by atoms with Crippen LogP contribution >= 0.6 is 11.8 Å². The van der Waals surface area contributed by atoms with E-state index < -0.39 is 22.9 Å². The normalized spacial score (nSPS) is 18.3. The number of amides is 2. The molecule has 1 fully saturated rings. The molecule has 0 aliphatic carbocycles. The zero-order valence-electron chi connectivity index (χ0n) is 18.3. The van der Waals surface area contributed by atoms with Crippen molar-refractivity contribution in [2.45, 2.75) is 23.9 Å². The van der Waals surface area contributed by atoms with Crippen molar-refractivity contribution >= 4 is 23.6 Å². The number of nitrogens with one attached hydrogen (secondary N) is 2. The highest BCUT2D eigenvalue weighted by atomic mass is 32.2. The lowest BCUT2D eigenvalue weighted by molar-refractivity contribution is -0.137. The van der Waals surface area contributed by atoms with Gasteiger partial charge in [0.1, 0.15) is 16.7 Å². The standard InChI is InChI=1S/C24H21F3N4O3S/c25-24(26,27)16-5-7-18(8-6-16)34-19-4-1-3-15(13-19)20-22(32)31-17(9-12-35-20)14-30-23(33)21-28-10-2-11-29-21/h1-8,10-11,13,17,20H,9,12,14H2,(H,30,33)(H,31,32)/t17-,20+/m0/s1. The number of thioether (sulfide) groups is 1. The van der Waals surface area contributed by atoms with E-state index in [2.05, 4.69) is 20.6 Å². The van der Waals surface area contributed by atoms with Crippen LogP contribution < -0.4 is 15.4 Å². The quantitative estimate of drug-likeness (QED) is 0.520. The molecule has 1 aromatic heterocycles. The van der Waals surface area contributed by atoms with Gasteiger partial charge in [0.05, 0.1) is 5.56 Å². The van der Waals surface area contributed by atoms with Crippen LogP contribution in [0.2, 0.25) is 0 Å². The minimum Gasteiger partial charge on any atom is -0.457 e. The Bertz CT molecular complexity index is 1180. The predicted octanol–water partition coefficient (Wildman–Crippen LogP) is 4.38. The highest BCUT2D eigenvalue weighted by Crippen LogP contribution is 2.35. The summed E-state index contributed by atoms with van der Waals surface area (Å²) in [7, 11) is 0. The van der Waals surface area contributed by atoms with E-state index in [0.717, 1.165) is 12.1 Å². The van der Waals surface area contributed by atoms with Crippen LogP contribution in [0.3, 0.4) is 0 Å². The van der Waals surface area contributed by atoms with Crippen LogP contribution in [-0.4, -0.2) is 40.1 Å². The monoisotopic (exact) mass is 502 g/mol. The lowest BCUT2D eigenvalue weighted by Crippen LogP contribution is -2.44. The summed E-state index contributed by atoms with van der Waals surface area (Å²) in [6, 6.07) is 12.7. The van der Waals surface area contributed by atoms with Gasteiger partial charge in [-0.15, -0.1) is 11.8 Å². The number of carbonyl (C=O) groups excluding carboxylic acids is 2. The first-order valence-corrected chi connectivity index (χ1v) is 11.8. The minimum absolute atomic E-state index is 0.0598. The Morgan fingerprint density at radius 3 is 2.54 bits per heavy atom. The number of alkyl halides is 3. The van der Waals surface area contributed by atoms with Crippen LogP contribution in [0.4, 0.5) is 13.2 Å². The van der Waals surface area contributed by atoms with Crippen LogP contribution in [0.1, 0.15) is 33.4 Å². The average molecular weight is 503 g/mol. The van der Waals surface area contributed by atoms with Gasteiger partial charge in [-0.25, -0.2) is 9.97 Å². The Morgan fingerprint density at radius 2 is 1.83 bits per heavy atom. The summed E-state index contributed by atoms with van der Waals surface area (Å²) in [5.41, 5.74) is -0.0496. The Labute approximate surface area is 203 Å². The molecular weight excluding hydrogens is 481 g/mol. The molecule has 3 aromatic rings. The Morgan fingerprint density at radius 1 is 1.09 bits per heavy atom. The van der Waals surface area contributed by atoms with E-state index in [0.29, 0.717) is 23.5 Å². The fourth-order valence-corrected chi connectivity index (χ4v) is 4.67. The maximum atomic E-state index is 12.9. The topological polar surface area (TPSA) is 93.2 Å². The molecule has 2 N–H and O–H groups in total. The third-order valence-corrected chi connectivity index (χ3v) is 6.48. The maximum absolute atomic E-state index is 12.9. The number of benzene rings is 2. The summed E-state index contributed by atoms with van der Waals surface area (Å²) in [5, 5.41) is 5.21. The number of ether oxygens (including phenoxy) is 1. The van der Waals surface area contributed by atoms with Gasteiger partial charge in [0.25, 0.3) is 5.91 Å². The molecule has 11 heteroatoms. The van der Waals surface area contributed by atoms with Crippen molar-refractivity contribution < 1.29 is 27.5 Å². The molecule has 2 aromatic carbocycles. The molecule has 1 aliphatic heterocycles. The fourth-order valence-electron chi connectivity index (χ4n) is 3.45. The second kappa shape index (κ2) is 10.8. The number of hydrogen-bond donors (Lipinski definition) is 2. The fraction of sp³-hybridized carbons (Fsp3) is 0.250. The molecule has 2 atom stereocenters. The van der Waals surface area contributed by atoms with Gasteiger partial charge in [0.15, 0.2) is 0 Å². The third-order valence-electron chi connectivity index (χ3n) is 5.19. The molecule has 2 heterocycles. The van der Waals surface area contributed by atoms with Gasteiger partial charge in [-0.3, -0.25) is 9.59 Å². The van der Waals surface area contributed by atoms with Crippen LogP contribution in [0, 0.1) is 0 Å². The van der Waals surface area contributed by atoms with Crippen molar-refractivity contribution in [3.63, 3.8) is 0 Å². The molecule has 2 amide bonds. The van der Waals surface area contributed by atoms with Crippen molar-refractivity contribution in [3.05, 3.63) is 83.9 Å². The smallest absolute Gasteiger partial charge is 0.416 e. The number of carbonyl (C=O) groups is 2. The van der Waals surface area contributed by atoms with E-state index in [1.54, 1.807) is 30.3 Å². The van der Waals surface area contributed by atoms with Gasteiger partial charge in [0.2, 0.25) is 11.7 Å². The molecule has 0 saturated carbocycles. The second-order valence-electron chi connectivity index (χ2n) is 7.72. The molecule has 35 heavy (non-hydrogen) atoms. The summed E-state index contributed by atoms with van der Waals surface area (Å²) < 4.78 is 44.0. The number of halogens is 3. The van der Waals surface area contributed by atoms with E-state index in [4.69, 9.17) is 4.74 Å². The van der Waals surface area contributed by atoms with Crippen LogP contribution in [0.5, 0.6) is 11.5 Å². The van der Waals surface area contributed by atoms with E-state index in [1.807, 2.05) is 0 Å². The lowest BCUT2D eigenvalue weighted by Gasteiger charge is -2.18. The van der Waals surface area contributed by atoms with Gasteiger partial charge in [-0.05, 0) is 60.2 Å². The number of hydrogen-bond acceptors (Lipinski definition) is 6. The molecular formula is C24H21F3N4O3S. The lowest BCUT2D eigenvalue weighted by atomic mass is 10.1. The minimum atomic E-state index is -4.42. The zero-order valence-corrected chi connectivity index (χ0v) is 19.1. The molecule has 182 valence electrons. The van der Waals surface area contributed by atoms with E-state index in [-0.39, 0.29) is 30.1 Å². The Hall–Kier alpha value is -3.60. The first-order chi connectivity index (χ1) is 16.8. The first-order valence-electron chi connectivity index (χ1n) is 10.7. The van der Waals surface area contributed by atoms with Crippen LogP contribution in [0.15, 0.2) is 67.0 Å².